The molecule has 1 fully saturated rings. The first-order chi connectivity index (χ1) is 16.1. The smallest absolute Gasteiger partial charge is 0.262 e. The van der Waals surface area contributed by atoms with Crippen molar-refractivity contribution >= 4 is 47.3 Å². The molecule has 0 spiro atoms. The van der Waals surface area contributed by atoms with Crippen LogP contribution in [0.1, 0.15) is 12.1 Å². The van der Waals surface area contributed by atoms with Gasteiger partial charge in [-0.1, -0.05) is 0 Å². The first-order valence-electron chi connectivity index (χ1n) is 11.3. The Morgan fingerprint density at radius 3 is 2.86 bits per heavy atom. The number of carbonyl (C=O) groups is 1. The number of aromatic nitrogens is 1. The van der Waals surface area contributed by atoms with Crippen molar-refractivity contribution in [3.05, 3.63) is 48.2 Å². The minimum absolute atomic E-state index is 0. The van der Waals surface area contributed by atoms with Crippen LogP contribution in [0.4, 0.5) is 5.69 Å². The van der Waals surface area contributed by atoms with E-state index in [0.717, 1.165) is 59.9 Å². The van der Waals surface area contributed by atoms with Gasteiger partial charge in [0, 0.05) is 36.8 Å². The number of halogens is 2. The molecule has 0 saturated carbocycles. The standard InChI is InChI=1S/C25H25N3O5.2ClH/c1-15-2-4-19-20(26-15)5-7-23-25(19)33-18(13-30-23)12-28-9-8-17(11-28)32-16-3-6-22-21(10-16)27-24(29)14-31-22;;/h2-7,10,17-18H,8-9,11-14H2,1H3,(H,27,29);2*1H/t17-,18-;;/m0../s1. The lowest BCUT2D eigenvalue weighted by Crippen LogP contribution is -2.40. The zero-order valence-corrected chi connectivity index (χ0v) is 20.8. The Morgan fingerprint density at radius 1 is 1.11 bits per heavy atom. The Bertz CT molecular complexity index is 1240. The molecule has 10 heteroatoms. The first kappa shape index (κ1) is 25.2. The third kappa shape index (κ3) is 5.19. The minimum atomic E-state index is -0.151. The van der Waals surface area contributed by atoms with Crippen LogP contribution >= 0.6 is 24.8 Å². The zero-order chi connectivity index (χ0) is 22.4. The second kappa shape index (κ2) is 10.4. The number of pyridine rings is 1. The maximum absolute atomic E-state index is 11.6. The minimum Gasteiger partial charge on any atom is -0.489 e. The van der Waals surface area contributed by atoms with Gasteiger partial charge in [-0.05, 0) is 49.7 Å². The van der Waals surface area contributed by atoms with Gasteiger partial charge in [0.25, 0.3) is 5.91 Å². The largest absolute Gasteiger partial charge is 0.489 e. The number of ether oxygens (including phenoxy) is 4. The van der Waals surface area contributed by atoms with Crippen LogP contribution in [0, 0.1) is 6.92 Å². The molecule has 6 rings (SSSR count). The number of nitrogens with one attached hydrogen (secondary N) is 1. The highest BCUT2D eigenvalue weighted by molar-refractivity contribution is 5.95. The Labute approximate surface area is 215 Å². The van der Waals surface area contributed by atoms with E-state index >= 15 is 0 Å². The number of benzene rings is 2. The van der Waals surface area contributed by atoms with E-state index < -0.39 is 0 Å². The Kier molecular flexibility index (Phi) is 7.44. The van der Waals surface area contributed by atoms with E-state index in [2.05, 4.69) is 15.2 Å². The molecule has 2 aromatic carbocycles. The van der Waals surface area contributed by atoms with E-state index in [-0.39, 0.29) is 49.5 Å². The summed E-state index contributed by atoms with van der Waals surface area (Å²) >= 11 is 0. The molecule has 0 bridgehead atoms. The van der Waals surface area contributed by atoms with E-state index in [1.807, 2.05) is 49.4 Å². The second-order valence-electron chi connectivity index (χ2n) is 8.75. The molecule has 35 heavy (non-hydrogen) atoms. The maximum Gasteiger partial charge on any atom is 0.262 e. The number of likely N-dealkylation sites (tertiary alicyclic amines) is 1. The summed E-state index contributed by atoms with van der Waals surface area (Å²) in [6.45, 7) is 5.06. The van der Waals surface area contributed by atoms with Gasteiger partial charge in [-0.2, -0.15) is 0 Å². The van der Waals surface area contributed by atoms with E-state index in [1.54, 1.807) is 0 Å². The molecule has 3 aliphatic rings. The van der Waals surface area contributed by atoms with Crippen molar-refractivity contribution in [2.75, 3.05) is 38.2 Å². The molecule has 4 heterocycles. The van der Waals surface area contributed by atoms with Crippen molar-refractivity contribution in [3.63, 3.8) is 0 Å². The van der Waals surface area contributed by atoms with Gasteiger partial charge in [-0.15, -0.1) is 24.8 Å². The number of rotatable bonds is 4. The van der Waals surface area contributed by atoms with E-state index in [4.69, 9.17) is 18.9 Å². The van der Waals surface area contributed by atoms with Crippen LogP contribution < -0.4 is 24.3 Å². The van der Waals surface area contributed by atoms with Gasteiger partial charge in [-0.25, -0.2) is 0 Å². The molecular weight excluding hydrogens is 493 g/mol. The molecule has 0 radical (unpaired) electrons. The van der Waals surface area contributed by atoms with Crippen molar-refractivity contribution < 1.29 is 23.7 Å². The van der Waals surface area contributed by atoms with Crippen LogP contribution in [0.5, 0.6) is 23.0 Å². The summed E-state index contributed by atoms with van der Waals surface area (Å²) in [5, 5.41) is 3.80. The normalized spacial score (nSPS) is 20.7. The lowest BCUT2D eigenvalue weighted by Gasteiger charge is -2.30. The van der Waals surface area contributed by atoms with Gasteiger partial charge in [0.05, 0.1) is 11.2 Å². The summed E-state index contributed by atoms with van der Waals surface area (Å²) in [6, 6.07) is 13.5. The topological polar surface area (TPSA) is 82.2 Å². The van der Waals surface area contributed by atoms with Gasteiger partial charge in [-0.3, -0.25) is 14.7 Å². The average Bonchev–Trinajstić information content (AvgIpc) is 3.25. The van der Waals surface area contributed by atoms with E-state index in [0.29, 0.717) is 18.0 Å². The molecule has 3 aliphatic heterocycles. The monoisotopic (exact) mass is 519 g/mol. The molecule has 0 unspecified atom stereocenters. The fourth-order valence-electron chi connectivity index (χ4n) is 4.64. The first-order valence-corrected chi connectivity index (χ1v) is 11.3. The van der Waals surface area contributed by atoms with Crippen LogP contribution in [0.15, 0.2) is 42.5 Å². The molecule has 0 aliphatic carbocycles. The summed E-state index contributed by atoms with van der Waals surface area (Å²) in [4.78, 5) is 18.5. The maximum atomic E-state index is 11.6. The van der Waals surface area contributed by atoms with Crippen LogP contribution in [0.2, 0.25) is 0 Å². The van der Waals surface area contributed by atoms with Gasteiger partial charge in [0.2, 0.25) is 0 Å². The zero-order valence-electron chi connectivity index (χ0n) is 19.2. The van der Waals surface area contributed by atoms with Crippen LogP contribution in [0.3, 0.4) is 0 Å². The van der Waals surface area contributed by atoms with E-state index in [9.17, 15) is 4.79 Å². The summed E-state index contributed by atoms with van der Waals surface area (Å²) in [6.07, 6.45) is 0.947. The van der Waals surface area contributed by atoms with Gasteiger partial charge >= 0.3 is 0 Å². The van der Waals surface area contributed by atoms with Crippen molar-refractivity contribution in [1.82, 2.24) is 9.88 Å². The number of anilines is 1. The molecule has 186 valence electrons. The van der Waals surface area contributed by atoms with Gasteiger partial charge < -0.3 is 24.3 Å². The summed E-state index contributed by atoms with van der Waals surface area (Å²) in [5.41, 5.74) is 2.55. The van der Waals surface area contributed by atoms with Crippen molar-refractivity contribution in [2.45, 2.75) is 25.6 Å². The van der Waals surface area contributed by atoms with Crippen LogP contribution in [-0.4, -0.2) is 60.8 Å². The predicted octanol–water partition coefficient (Wildman–Crippen LogP) is 4.01. The Balaban J connectivity index is 0.00000144. The lowest BCUT2D eigenvalue weighted by atomic mass is 10.1. The quantitative estimate of drug-likeness (QED) is 0.557. The number of aryl methyl sites for hydroxylation is 1. The molecule has 1 saturated heterocycles. The molecule has 2 atom stereocenters. The number of fused-ring (bicyclic) bond motifs is 4. The third-order valence-corrected chi connectivity index (χ3v) is 6.21. The number of hydrogen-bond donors (Lipinski definition) is 1. The molecular formula is C25H27Cl2N3O5. The Hall–Kier alpha value is -2.94. The van der Waals surface area contributed by atoms with Gasteiger partial charge in [0.1, 0.15) is 30.3 Å². The highest BCUT2D eigenvalue weighted by atomic mass is 35.5. The van der Waals surface area contributed by atoms with Crippen molar-refractivity contribution in [2.24, 2.45) is 0 Å². The summed E-state index contributed by atoms with van der Waals surface area (Å²) in [5.74, 6) is 2.80. The predicted molar refractivity (Wildman–Crippen MR) is 137 cm³/mol. The fraction of sp³-hybridized carbons (Fsp3) is 0.360. The Morgan fingerprint density at radius 2 is 1.97 bits per heavy atom. The summed E-state index contributed by atoms with van der Waals surface area (Å²) in [7, 11) is 0. The molecule has 1 N–H and O–H groups in total. The van der Waals surface area contributed by atoms with Gasteiger partial charge in [0.15, 0.2) is 18.1 Å². The molecule has 3 aromatic rings. The number of hydrogen-bond acceptors (Lipinski definition) is 7. The highest BCUT2D eigenvalue weighted by Gasteiger charge is 2.30. The SMILES string of the molecule is Cc1ccc2c3c(ccc2n1)OC[C@H](CN1CC[C@H](Oc2ccc4c(c2)NC(=O)CO4)C1)O3.Cl.Cl. The number of nitrogens with zero attached hydrogens (tertiary/aromatic N) is 2. The van der Waals surface area contributed by atoms with Crippen LogP contribution in [0.25, 0.3) is 10.9 Å². The lowest BCUT2D eigenvalue weighted by molar-refractivity contribution is -0.118. The molecule has 1 amide bonds. The highest BCUT2D eigenvalue weighted by Crippen LogP contribution is 2.38. The average molecular weight is 520 g/mol. The van der Waals surface area contributed by atoms with E-state index in [1.165, 1.54) is 0 Å². The molecule has 8 nitrogen and oxygen atoms in total. The second-order valence-corrected chi connectivity index (χ2v) is 8.75. The van der Waals surface area contributed by atoms with Crippen molar-refractivity contribution in [1.29, 1.82) is 0 Å². The molecule has 1 aromatic heterocycles. The summed E-state index contributed by atoms with van der Waals surface area (Å²) < 4.78 is 24.0. The number of amides is 1. The fourth-order valence-corrected chi connectivity index (χ4v) is 4.64. The number of carbonyl (C=O) groups excluding carboxylic acids is 1. The van der Waals surface area contributed by atoms with Crippen LogP contribution in [-0.2, 0) is 4.79 Å². The van der Waals surface area contributed by atoms with Crippen molar-refractivity contribution in [3.8, 4) is 23.0 Å². The third-order valence-electron chi connectivity index (χ3n) is 6.21.